The van der Waals surface area contributed by atoms with Gasteiger partial charge in [-0.2, -0.15) is 0 Å². The molecule has 0 radical (unpaired) electrons. The van der Waals surface area contributed by atoms with Crippen LogP contribution in [0.4, 0.5) is 0 Å². The largest absolute Gasteiger partial charge is 0.478 e. The molecule has 2 heterocycles. The van der Waals surface area contributed by atoms with Gasteiger partial charge in [0.05, 0.1) is 16.8 Å². The normalized spacial score (nSPS) is 12.6. The maximum absolute atomic E-state index is 11.6. The van der Waals surface area contributed by atoms with Crippen LogP contribution in [0.5, 0.6) is 11.5 Å². The Bertz CT molecular complexity index is 949. The van der Waals surface area contributed by atoms with Crippen LogP contribution in [-0.2, 0) is 0 Å². The van der Waals surface area contributed by atoms with Gasteiger partial charge in [-0.05, 0) is 36.8 Å². The molecule has 1 aliphatic heterocycles. The highest BCUT2D eigenvalue weighted by Crippen LogP contribution is 2.36. The average molecular weight is 307 g/mol. The first-order valence-corrected chi connectivity index (χ1v) is 7.17. The van der Waals surface area contributed by atoms with Crippen LogP contribution in [0.1, 0.15) is 15.9 Å². The lowest BCUT2D eigenvalue weighted by atomic mass is 10.0. The van der Waals surface area contributed by atoms with Crippen LogP contribution in [0.2, 0.25) is 0 Å². The molecule has 0 atom stereocenters. The number of hydrogen-bond donors (Lipinski definition) is 1. The third kappa shape index (κ3) is 2.17. The van der Waals surface area contributed by atoms with Gasteiger partial charge in [0.1, 0.15) is 0 Å². The zero-order valence-electron chi connectivity index (χ0n) is 12.4. The highest BCUT2D eigenvalue weighted by molar-refractivity contribution is 6.04. The molecule has 0 amide bonds. The van der Waals surface area contributed by atoms with Gasteiger partial charge in [-0.25, -0.2) is 9.78 Å². The molecular formula is C18H13NO4. The van der Waals surface area contributed by atoms with E-state index in [2.05, 4.69) is 4.98 Å². The number of rotatable bonds is 2. The number of aryl methyl sites for hydroxylation is 1. The number of pyridine rings is 1. The van der Waals surface area contributed by atoms with E-state index in [1.54, 1.807) is 12.1 Å². The molecule has 0 unspecified atom stereocenters. The summed E-state index contributed by atoms with van der Waals surface area (Å²) in [6, 6.07) is 12.6. The molecule has 3 aromatic rings. The van der Waals surface area contributed by atoms with Crippen LogP contribution < -0.4 is 9.47 Å². The molecule has 0 fully saturated rings. The van der Waals surface area contributed by atoms with E-state index in [0.29, 0.717) is 28.1 Å². The number of hydrogen-bond acceptors (Lipinski definition) is 4. The second kappa shape index (κ2) is 4.98. The summed E-state index contributed by atoms with van der Waals surface area (Å²) in [5.74, 6) is 0.361. The first-order chi connectivity index (χ1) is 11.1. The van der Waals surface area contributed by atoms with Crippen LogP contribution in [0.15, 0.2) is 42.5 Å². The van der Waals surface area contributed by atoms with Gasteiger partial charge >= 0.3 is 5.97 Å². The van der Waals surface area contributed by atoms with E-state index in [1.807, 2.05) is 37.3 Å². The molecule has 0 bridgehead atoms. The van der Waals surface area contributed by atoms with Gasteiger partial charge in [-0.3, -0.25) is 0 Å². The number of aromatic carboxylic acids is 1. The third-order valence-corrected chi connectivity index (χ3v) is 3.94. The Morgan fingerprint density at radius 1 is 1.13 bits per heavy atom. The van der Waals surface area contributed by atoms with Crippen molar-refractivity contribution in [3.05, 3.63) is 53.6 Å². The summed E-state index contributed by atoms with van der Waals surface area (Å²) in [6.07, 6.45) is 0. The van der Waals surface area contributed by atoms with Crippen molar-refractivity contribution in [1.82, 2.24) is 4.98 Å². The lowest BCUT2D eigenvalue weighted by Crippen LogP contribution is -2.01. The molecule has 0 spiro atoms. The molecule has 0 saturated heterocycles. The van der Waals surface area contributed by atoms with Crippen molar-refractivity contribution in [1.29, 1.82) is 0 Å². The molecule has 4 rings (SSSR count). The number of aromatic nitrogens is 1. The quantitative estimate of drug-likeness (QED) is 0.783. The van der Waals surface area contributed by atoms with Crippen molar-refractivity contribution in [2.45, 2.75) is 6.92 Å². The number of ether oxygens (including phenoxy) is 2. The Morgan fingerprint density at radius 3 is 2.78 bits per heavy atom. The van der Waals surface area contributed by atoms with E-state index in [9.17, 15) is 9.90 Å². The fraction of sp³-hybridized carbons (Fsp3) is 0.111. The SMILES string of the molecule is Cc1cccc2c(C(=O)O)cc(-c3ccc4c(c3)OCO4)nc12. The Balaban J connectivity index is 1.97. The highest BCUT2D eigenvalue weighted by Gasteiger charge is 2.17. The van der Waals surface area contributed by atoms with Crippen LogP contribution in [0, 0.1) is 6.92 Å². The number of fused-ring (bicyclic) bond motifs is 2. The second-order valence-electron chi connectivity index (χ2n) is 5.40. The second-order valence-corrected chi connectivity index (χ2v) is 5.40. The number of carbonyl (C=O) groups is 1. The predicted molar refractivity (Wildman–Crippen MR) is 85.0 cm³/mol. The van der Waals surface area contributed by atoms with Crippen LogP contribution in [0.25, 0.3) is 22.2 Å². The first-order valence-electron chi connectivity index (χ1n) is 7.17. The number of carboxylic acids is 1. The van der Waals surface area contributed by atoms with E-state index in [1.165, 1.54) is 0 Å². The van der Waals surface area contributed by atoms with Gasteiger partial charge in [0.2, 0.25) is 6.79 Å². The molecule has 1 aromatic heterocycles. The minimum Gasteiger partial charge on any atom is -0.478 e. The molecule has 0 saturated carbocycles. The molecule has 1 aliphatic rings. The van der Waals surface area contributed by atoms with Crippen molar-refractivity contribution in [2.75, 3.05) is 6.79 Å². The maximum Gasteiger partial charge on any atom is 0.336 e. The monoisotopic (exact) mass is 307 g/mol. The summed E-state index contributed by atoms with van der Waals surface area (Å²) in [5, 5.41) is 10.2. The third-order valence-electron chi connectivity index (χ3n) is 3.94. The lowest BCUT2D eigenvalue weighted by Gasteiger charge is -2.09. The van der Waals surface area contributed by atoms with Crippen LogP contribution in [-0.4, -0.2) is 22.9 Å². The molecule has 2 aromatic carbocycles. The minimum absolute atomic E-state index is 0.198. The van der Waals surface area contributed by atoms with Crippen molar-refractivity contribution >= 4 is 16.9 Å². The first kappa shape index (κ1) is 13.6. The van der Waals surface area contributed by atoms with Crippen molar-refractivity contribution in [3.63, 3.8) is 0 Å². The maximum atomic E-state index is 11.6. The predicted octanol–water partition coefficient (Wildman–Crippen LogP) is 3.64. The Morgan fingerprint density at radius 2 is 1.96 bits per heavy atom. The smallest absolute Gasteiger partial charge is 0.336 e. The summed E-state index contributed by atoms with van der Waals surface area (Å²) in [7, 11) is 0. The summed E-state index contributed by atoms with van der Waals surface area (Å²) in [6.45, 7) is 2.12. The van der Waals surface area contributed by atoms with E-state index >= 15 is 0 Å². The van der Waals surface area contributed by atoms with E-state index in [4.69, 9.17) is 9.47 Å². The van der Waals surface area contributed by atoms with E-state index < -0.39 is 5.97 Å². The molecule has 1 N–H and O–H groups in total. The summed E-state index contributed by atoms with van der Waals surface area (Å²) < 4.78 is 10.7. The molecule has 5 heteroatoms. The fourth-order valence-electron chi connectivity index (χ4n) is 2.77. The van der Waals surface area contributed by atoms with Gasteiger partial charge in [0.15, 0.2) is 11.5 Å². The molecule has 5 nitrogen and oxygen atoms in total. The summed E-state index contributed by atoms with van der Waals surface area (Å²) in [5.41, 5.74) is 3.27. The average Bonchev–Trinajstić information content (AvgIpc) is 3.02. The summed E-state index contributed by atoms with van der Waals surface area (Å²) >= 11 is 0. The van der Waals surface area contributed by atoms with Crippen LogP contribution >= 0.6 is 0 Å². The topological polar surface area (TPSA) is 68.7 Å². The minimum atomic E-state index is -0.968. The Hall–Kier alpha value is -3.08. The standard InChI is InChI=1S/C18H13NO4/c1-10-3-2-4-12-13(18(20)21)8-14(19-17(10)12)11-5-6-15-16(7-11)23-9-22-15/h2-8H,9H2,1H3,(H,20,21). The van der Waals surface area contributed by atoms with Gasteiger partial charge in [0.25, 0.3) is 0 Å². The van der Waals surface area contributed by atoms with Crippen LogP contribution in [0.3, 0.4) is 0 Å². The van der Waals surface area contributed by atoms with Crippen molar-refractivity contribution < 1.29 is 19.4 Å². The number of nitrogens with zero attached hydrogens (tertiary/aromatic N) is 1. The zero-order chi connectivity index (χ0) is 16.0. The molecule has 114 valence electrons. The number of para-hydroxylation sites is 1. The Kier molecular flexibility index (Phi) is 2.94. The van der Waals surface area contributed by atoms with Crippen molar-refractivity contribution in [2.24, 2.45) is 0 Å². The van der Waals surface area contributed by atoms with Gasteiger partial charge in [-0.1, -0.05) is 18.2 Å². The van der Waals surface area contributed by atoms with E-state index in [0.717, 1.165) is 11.1 Å². The molecule has 0 aliphatic carbocycles. The fourth-order valence-corrected chi connectivity index (χ4v) is 2.77. The molecule has 23 heavy (non-hydrogen) atoms. The Labute approximate surface area is 132 Å². The summed E-state index contributed by atoms with van der Waals surface area (Å²) in [4.78, 5) is 16.3. The number of benzene rings is 2. The molecular weight excluding hydrogens is 294 g/mol. The van der Waals surface area contributed by atoms with Gasteiger partial charge in [0, 0.05) is 10.9 Å². The highest BCUT2D eigenvalue weighted by atomic mass is 16.7. The van der Waals surface area contributed by atoms with Gasteiger partial charge in [-0.15, -0.1) is 0 Å². The van der Waals surface area contributed by atoms with E-state index in [-0.39, 0.29) is 12.4 Å². The van der Waals surface area contributed by atoms with Gasteiger partial charge < -0.3 is 14.6 Å². The lowest BCUT2D eigenvalue weighted by molar-refractivity contribution is 0.0699. The van der Waals surface area contributed by atoms with Crippen molar-refractivity contribution in [3.8, 4) is 22.8 Å². The number of carboxylic acid groups (broad SMARTS) is 1. The zero-order valence-corrected chi connectivity index (χ0v) is 12.4.